The highest BCUT2D eigenvalue weighted by Gasteiger charge is 2.31. The average Bonchev–Trinajstić information content (AvgIpc) is 3.42. The number of halogens is 3. The average molecular weight is 459 g/mol. The Kier molecular flexibility index (Phi) is 5.66. The van der Waals surface area contributed by atoms with Crippen molar-refractivity contribution in [1.29, 1.82) is 0 Å². The maximum absolute atomic E-state index is 12.9. The Labute approximate surface area is 183 Å². The third-order valence-electron chi connectivity index (χ3n) is 4.75. The lowest BCUT2D eigenvalue weighted by molar-refractivity contribution is -0.137. The van der Waals surface area contributed by atoms with E-state index in [1.54, 1.807) is 29.1 Å². The fraction of sp³-hybridized carbons (Fsp3) is 0.143. The number of alkyl halides is 3. The van der Waals surface area contributed by atoms with Crippen LogP contribution in [0.1, 0.15) is 34.5 Å². The van der Waals surface area contributed by atoms with E-state index in [1.165, 1.54) is 30.4 Å². The van der Waals surface area contributed by atoms with Gasteiger partial charge < -0.3 is 10.3 Å². The van der Waals surface area contributed by atoms with Gasteiger partial charge in [0.25, 0.3) is 5.91 Å². The second-order valence-electron chi connectivity index (χ2n) is 6.98. The Morgan fingerprint density at radius 3 is 2.66 bits per heavy atom. The number of nitrogens with one attached hydrogen (secondary N) is 3. The first-order chi connectivity index (χ1) is 15.2. The molecule has 164 valence electrons. The molecular formula is C21H16F3N5O2S. The van der Waals surface area contributed by atoms with Gasteiger partial charge in [0, 0.05) is 11.1 Å². The monoisotopic (exact) mass is 459 g/mol. The first kappa shape index (κ1) is 21.5. The second kappa shape index (κ2) is 8.42. The van der Waals surface area contributed by atoms with Gasteiger partial charge in [-0.3, -0.25) is 14.9 Å². The predicted molar refractivity (Wildman–Crippen MR) is 115 cm³/mol. The van der Waals surface area contributed by atoms with Crippen LogP contribution in [0.4, 0.5) is 24.8 Å². The number of hydrogen-bond acceptors (Lipinski definition) is 5. The highest BCUT2D eigenvalue weighted by atomic mass is 32.1. The van der Waals surface area contributed by atoms with Gasteiger partial charge >= 0.3 is 6.18 Å². The molecule has 0 radical (unpaired) electrons. The number of carbonyl (C=O) groups is 2. The van der Waals surface area contributed by atoms with E-state index >= 15 is 0 Å². The molecule has 0 aliphatic heterocycles. The number of hydrogen-bond donors (Lipinski definition) is 3. The van der Waals surface area contributed by atoms with E-state index in [0.717, 1.165) is 12.1 Å². The van der Waals surface area contributed by atoms with Crippen molar-refractivity contribution in [2.75, 3.05) is 10.6 Å². The fourth-order valence-corrected chi connectivity index (χ4v) is 3.56. The lowest BCUT2D eigenvalue weighted by atomic mass is 9.98. The van der Waals surface area contributed by atoms with Crippen LogP contribution in [0.15, 0.2) is 53.4 Å². The van der Waals surface area contributed by atoms with Crippen LogP contribution in [0.25, 0.3) is 11.0 Å². The van der Waals surface area contributed by atoms with Crippen molar-refractivity contribution in [2.24, 2.45) is 0 Å². The lowest BCUT2D eigenvalue weighted by Crippen LogP contribution is -2.20. The number of H-pyrrole nitrogens is 1. The summed E-state index contributed by atoms with van der Waals surface area (Å²) >= 11 is 1.31. The number of thiazole rings is 1. The molecule has 32 heavy (non-hydrogen) atoms. The zero-order valence-corrected chi connectivity index (χ0v) is 17.3. The molecule has 2 amide bonds. The van der Waals surface area contributed by atoms with Gasteiger partial charge in [0.2, 0.25) is 11.9 Å². The van der Waals surface area contributed by atoms with Crippen LogP contribution in [-0.4, -0.2) is 26.8 Å². The van der Waals surface area contributed by atoms with Crippen LogP contribution in [0.3, 0.4) is 0 Å². The molecule has 1 atom stereocenters. The summed E-state index contributed by atoms with van der Waals surface area (Å²) in [6, 6.07) is 9.62. The van der Waals surface area contributed by atoms with E-state index in [1.807, 2.05) is 0 Å². The molecule has 2 aromatic carbocycles. The van der Waals surface area contributed by atoms with Crippen molar-refractivity contribution in [1.82, 2.24) is 15.0 Å². The number of rotatable bonds is 5. The smallest absolute Gasteiger partial charge is 0.324 e. The number of aromatic amines is 1. The molecule has 0 bridgehead atoms. The first-order valence-corrected chi connectivity index (χ1v) is 10.3. The number of carbonyl (C=O) groups excluding carboxylic acids is 2. The van der Waals surface area contributed by atoms with Gasteiger partial charge in [0.15, 0.2) is 0 Å². The summed E-state index contributed by atoms with van der Waals surface area (Å²) in [6.45, 7) is 1.51. The van der Waals surface area contributed by atoms with Crippen molar-refractivity contribution < 1.29 is 22.8 Å². The number of imidazole rings is 1. The minimum atomic E-state index is -4.49. The Morgan fingerprint density at radius 2 is 1.94 bits per heavy atom. The van der Waals surface area contributed by atoms with Gasteiger partial charge in [-0.2, -0.15) is 13.2 Å². The molecule has 3 N–H and O–H groups in total. The van der Waals surface area contributed by atoms with Gasteiger partial charge in [-0.05, 0) is 36.8 Å². The fourth-order valence-electron chi connectivity index (χ4n) is 3.03. The van der Waals surface area contributed by atoms with Crippen LogP contribution >= 0.6 is 11.3 Å². The molecule has 0 saturated heterocycles. The molecule has 0 unspecified atom stereocenters. The van der Waals surface area contributed by atoms with Crippen molar-refractivity contribution in [3.63, 3.8) is 0 Å². The van der Waals surface area contributed by atoms with Crippen molar-refractivity contribution in [3.8, 4) is 0 Å². The van der Waals surface area contributed by atoms with Gasteiger partial charge in [-0.1, -0.05) is 18.2 Å². The molecule has 11 heteroatoms. The van der Waals surface area contributed by atoms with Gasteiger partial charge in [0.05, 0.1) is 28.0 Å². The molecular weight excluding hydrogens is 443 g/mol. The molecule has 0 aliphatic carbocycles. The Balaban J connectivity index is 1.48. The zero-order chi connectivity index (χ0) is 22.9. The maximum Gasteiger partial charge on any atom is 0.416 e. The minimum Gasteiger partial charge on any atom is -0.324 e. The Hall–Kier alpha value is -3.73. The number of aromatic nitrogens is 3. The summed E-state index contributed by atoms with van der Waals surface area (Å²) < 4.78 is 38.8. The number of anilines is 2. The predicted octanol–water partition coefficient (Wildman–Crippen LogP) is 5.03. The third-order valence-corrected chi connectivity index (χ3v) is 5.34. The van der Waals surface area contributed by atoms with Crippen LogP contribution in [0.2, 0.25) is 0 Å². The lowest BCUT2D eigenvalue weighted by Gasteiger charge is -2.13. The topological polar surface area (TPSA) is 99.8 Å². The van der Waals surface area contributed by atoms with Crippen molar-refractivity contribution in [3.05, 3.63) is 70.2 Å². The van der Waals surface area contributed by atoms with Crippen molar-refractivity contribution >= 4 is 45.8 Å². The molecule has 4 rings (SSSR count). The van der Waals surface area contributed by atoms with Crippen LogP contribution in [0, 0.1) is 0 Å². The van der Waals surface area contributed by atoms with E-state index in [9.17, 15) is 22.8 Å². The van der Waals surface area contributed by atoms with Crippen molar-refractivity contribution in [2.45, 2.75) is 19.0 Å². The highest BCUT2D eigenvalue weighted by molar-refractivity contribution is 7.07. The summed E-state index contributed by atoms with van der Waals surface area (Å²) in [5.74, 6) is -1.56. The molecule has 4 aromatic rings. The van der Waals surface area contributed by atoms with Crippen LogP contribution in [-0.2, 0) is 11.0 Å². The largest absolute Gasteiger partial charge is 0.416 e. The molecule has 0 aliphatic rings. The number of amides is 2. The summed E-state index contributed by atoms with van der Waals surface area (Å²) in [4.78, 5) is 35.9. The highest BCUT2D eigenvalue weighted by Crippen LogP contribution is 2.31. The molecule has 0 spiro atoms. The zero-order valence-electron chi connectivity index (χ0n) is 16.5. The number of fused-ring (bicyclic) bond motifs is 1. The van der Waals surface area contributed by atoms with Gasteiger partial charge in [-0.15, -0.1) is 11.3 Å². The summed E-state index contributed by atoms with van der Waals surface area (Å²) in [5.41, 5.74) is 2.89. The SMILES string of the molecule is C[C@@H](C(=O)Nc1nc2ccc(NC(=O)c3cscn3)cc2[nH]1)c1cccc(C(F)(F)F)c1. The normalized spacial score (nSPS) is 12.5. The number of benzene rings is 2. The van der Waals surface area contributed by atoms with Crippen LogP contribution in [0.5, 0.6) is 0 Å². The maximum atomic E-state index is 12.9. The quantitative estimate of drug-likeness (QED) is 0.390. The van der Waals surface area contributed by atoms with E-state index in [0.29, 0.717) is 22.4 Å². The van der Waals surface area contributed by atoms with E-state index < -0.39 is 23.6 Å². The molecule has 0 fully saturated rings. The molecule has 0 saturated carbocycles. The molecule has 2 heterocycles. The molecule has 2 aromatic heterocycles. The van der Waals surface area contributed by atoms with Gasteiger partial charge in [-0.25, -0.2) is 9.97 Å². The van der Waals surface area contributed by atoms with E-state index in [4.69, 9.17) is 0 Å². The Morgan fingerprint density at radius 1 is 1.12 bits per heavy atom. The summed E-state index contributed by atoms with van der Waals surface area (Å²) in [5, 5.41) is 6.94. The van der Waals surface area contributed by atoms with E-state index in [2.05, 4.69) is 25.6 Å². The minimum absolute atomic E-state index is 0.145. The van der Waals surface area contributed by atoms with Gasteiger partial charge in [0.1, 0.15) is 5.69 Å². The van der Waals surface area contributed by atoms with E-state index in [-0.39, 0.29) is 17.4 Å². The van der Waals surface area contributed by atoms with Crippen LogP contribution < -0.4 is 10.6 Å². The standard InChI is InChI=1S/C21H16F3N5O2S/c1-11(12-3-2-4-13(7-12)21(22,23)24)18(30)29-20-27-15-6-5-14(8-16(15)28-20)26-19(31)17-9-32-10-25-17/h2-11H,1H3,(H,26,31)(H2,27,28,29,30)/t11-/m1/s1. The Bertz CT molecular complexity index is 1280. The second-order valence-corrected chi connectivity index (χ2v) is 7.70. The number of nitrogens with zero attached hydrogens (tertiary/aromatic N) is 2. The third kappa shape index (κ3) is 4.62. The first-order valence-electron chi connectivity index (χ1n) is 9.38. The molecule has 7 nitrogen and oxygen atoms in total. The summed E-state index contributed by atoms with van der Waals surface area (Å²) in [6.07, 6.45) is -4.49. The summed E-state index contributed by atoms with van der Waals surface area (Å²) in [7, 11) is 0.